The lowest BCUT2D eigenvalue weighted by molar-refractivity contribution is 0.212. The maximum atomic E-state index is 5.49. The summed E-state index contributed by atoms with van der Waals surface area (Å²) in [7, 11) is 0. The fourth-order valence-electron chi connectivity index (χ4n) is 2.18. The summed E-state index contributed by atoms with van der Waals surface area (Å²) in [5.74, 6) is 0. The second-order valence-corrected chi connectivity index (χ2v) is 5.39. The molecular weight excluding hydrogens is 208 g/mol. The molecule has 0 aliphatic rings. The van der Waals surface area contributed by atoms with Gasteiger partial charge in [0, 0.05) is 6.04 Å². The largest absolute Gasteiger partial charge is 0.330 e. The lowest BCUT2D eigenvalue weighted by Gasteiger charge is -2.26. The molecule has 0 saturated heterocycles. The molecule has 0 aromatic carbocycles. The van der Waals surface area contributed by atoms with Crippen LogP contribution < -0.4 is 5.73 Å². The molecule has 0 aliphatic heterocycles. The van der Waals surface area contributed by atoms with E-state index in [1.807, 2.05) is 0 Å². The van der Waals surface area contributed by atoms with Gasteiger partial charge in [-0.1, -0.05) is 39.0 Å². The number of rotatable bonds is 12. The predicted octanol–water partition coefficient (Wildman–Crippen LogP) is 3.80. The number of nitrogens with zero attached hydrogens (tertiary/aromatic N) is 1. The van der Waals surface area contributed by atoms with E-state index in [2.05, 4.69) is 25.7 Å². The van der Waals surface area contributed by atoms with Crippen molar-refractivity contribution in [3.63, 3.8) is 0 Å². The zero-order valence-electron chi connectivity index (χ0n) is 12.4. The Kier molecular flexibility index (Phi) is 12.3. The van der Waals surface area contributed by atoms with Gasteiger partial charge in [0.15, 0.2) is 0 Å². The van der Waals surface area contributed by atoms with Crippen LogP contribution in [0.15, 0.2) is 0 Å². The second kappa shape index (κ2) is 12.4. The Morgan fingerprint density at radius 2 is 1.35 bits per heavy atom. The van der Waals surface area contributed by atoms with Crippen LogP contribution in [0.1, 0.15) is 72.1 Å². The van der Waals surface area contributed by atoms with Crippen molar-refractivity contribution in [3.05, 3.63) is 0 Å². The minimum absolute atomic E-state index is 0.705. The number of nitrogens with two attached hydrogens (primary N) is 1. The standard InChI is InChI=1S/C15H34N2/c1-4-5-10-13-17(15(2)3)14-11-8-6-7-9-12-16/h15H,4-14,16H2,1-3H3. The summed E-state index contributed by atoms with van der Waals surface area (Å²) in [6.07, 6.45) is 10.7. The lowest BCUT2D eigenvalue weighted by atomic mass is 10.1. The molecule has 0 heterocycles. The predicted molar refractivity (Wildman–Crippen MR) is 78.4 cm³/mol. The zero-order chi connectivity index (χ0) is 12.9. The van der Waals surface area contributed by atoms with E-state index in [0.29, 0.717) is 6.04 Å². The maximum Gasteiger partial charge on any atom is 0.00385 e. The van der Waals surface area contributed by atoms with Gasteiger partial charge in [0.25, 0.3) is 0 Å². The molecule has 0 radical (unpaired) electrons. The quantitative estimate of drug-likeness (QED) is 0.528. The van der Waals surface area contributed by atoms with Gasteiger partial charge in [-0.15, -0.1) is 0 Å². The molecule has 0 amide bonds. The SMILES string of the molecule is CCCCCN(CCCCCCCN)C(C)C. The van der Waals surface area contributed by atoms with Gasteiger partial charge >= 0.3 is 0 Å². The summed E-state index contributed by atoms with van der Waals surface area (Å²) in [5.41, 5.74) is 5.49. The van der Waals surface area contributed by atoms with Gasteiger partial charge in [0.1, 0.15) is 0 Å². The first kappa shape index (κ1) is 16.9. The first-order valence-electron chi connectivity index (χ1n) is 7.66. The van der Waals surface area contributed by atoms with Crippen LogP contribution in [0.2, 0.25) is 0 Å². The summed E-state index contributed by atoms with van der Waals surface area (Å²) in [4.78, 5) is 2.64. The van der Waals surface area contributed by atoms with Gasteiger partial charge in [0.2, 0.25) is 0 Å². The third kappa shape index (κ3) is 10.8. The fourth-order valence-corrected chi connectivity index (χ4v) is 2.18. The molecule has 0 bridgehead atoms. The van der Waals surface area contributed by atoms with Crippen LogP contribution in [0.3, 0.4) is 0 Å². The Morgan fingerprint density at radius 1 is 0.824 bits per heavy atom. The Hall–Kier alpha value is -0.0800. The van der Waals surface area contributed by atoms with Crippen molar-refractivity contribution < 1.29 is 0 Å². The molecular formula is C15H34N2. The van der Waals surface area contributed by atoms with Crippen molar-refractivity contribution in [2.24, 2.45) is 5.73 Å². The molecule has 0 unspecified atom stereocenters. The normalized spacial score (nSPS) is 11.6. The number of unbranched alkanes of at least 4 members (excludes halogenated alkanes) is 6. The third-order valence-corrected chi connectivity index (χ3v) is 3.43. The van der Waals surface area contributed by atoms with Crippen molar-refractivity contribution in [1.29, 1.82) is 0 Å². The number of hydrogen-bond donors (Lipinski definition) is 1. The summed E-state index contributed by atoms with van der Waals surface area (Å²) in [6, 6.07) is 0.705. The van der Waals surface area contributed by atoms with Gasteiger partial charge in [-0.05, 0) is 52.7 Å². The van der Waals surface area contributed by atoms with E-state index in [0.717, 1.165) is 6.54 Å². The minimum atomic E-state index is 0.705. The van der Waals surface area contributed by atoms with Crippen LogP contribution in [0, 0.1) is 0 Å². The Labute approximate surface area is 109 Å². The monoisotopic (exact) mass is 242 g/mol. The van der Waals surface area contributed by atoms with Gasteiger partial charge in [-0.3, -0.25) is 0 Å². The molecule has 0 aromatic rings. The molecule has 17 heavy (non-hydrogen) atoms. The highest BCUT2D eigenvalue weighted by Gasteiger charge is 2.07. The highest BCUT2D eigenvalue weighted by molar-refractivity contribution is 4.63. The molecule has 0 atom stereocenters. The van der Waals surface area contributed by atoms with Crippen molar-refractivity contribution in [3.8, 4) is 0 Å². The van der Waals surface area contributed by atoms with Crippen LogP contribution in [0.4, 0.5) is 0 Å². The van der Waals surface area contributed by atoms with Crippen molar-refractivity contribution in [1.82, 2.24) is 4.90 Å². The molecule has 2 heteroatoms. The summed E-state index contributed by atoms with van der Waals surface area (Å²) >= 11 is 0. The summed E-state index contributed by atoms with van der Waals surface area (Å²) < 4.78 is 0. The number of hydrogen-bond acceptors (Lipinski definition) is 2. The van der Waals surface area contributed by atoms with Gasteiger partial charge < -0.3 is 10.6 Å². The van der Waals surface area contributed by atoms with E-state index in [9.17, 15) is 0 Å². The van der Waals surface area contributed by atoms with E-state index in [-0.39, 0.29) is 0 Å². The van der Waals surface area contributed by atoms with E-state index in [1.165, 1.54) is 64.5 Å². The van der Waals surface area contributed by atoms with Crippen LogP contribution in [-0.2, 0) is 0 Å². The highest BCUT2D eigenvalue weighted by atomic mass is 15.1. The fraction of sp³-hybridized carbons (Fsp3) is 1.00. The smallest absolute Gasteiger partial charge is 0.00385 e. The van der Waals surface area contributed by atoms with Crippen molar-refractivity contribution >= 4 is 0 Å². The van der Waals surface area contributed by atoms with Crippen molar-refractivity contribution in [2.45, 2.75) is 78.2 Å². The molecule has 2 N–H and O–H groups in total. The van der Waals surface area contributed by atoms with E-state index >= 15 is 0 Å². The van der Waals surface area contributed by atoms with Gasteiger partial charge in [0.05, 0.1) is 0 Å². The molecule has 104 valence electrons. The Morgan fingerprint density at radius 3 is 1.88 bits per heavy atom. The van der Waals surface area contributed by atoms with E-state index in [4.69, 9.17) is 5.73 Å². The molecule has 0 saturated carbocycles. The topological polar surface area (TPSA) is 29.3 Å². The summed E-state index contributed by atoms with van der Waals surface area (Å²) in [6.45, 7) is 10.3. The van der Waals surface area contributed by atoms with Crippen LogP contribution >= 0.6 is 0 Å². The lowest BCUT2D eigenvalue weighted by Crippen LogP contribution is -2.32. The van der Waals surface area contributed by atoms with Crippen LogP contribution in [0.25, 0.3) is 0 Å². The highest BCUT2D eigenvalue weighted by Crippen LogP contribution is 2.08. The molecule has 0 fully saturated rings. The van der Waals surface area contributed by atoms with E-state index in [1.54, 1.807) is 0 Å². The third-order valence-electron chi connectivity index (χ3n) is 3.43. The molecule has 0 aliphatic carbocycles. The molecule has 0 aromatic heterocycles. The first-order valence-corrected chi connectivity index (χ1v) is 7.66. The minimum Gasteiger partial charge on any atom is -0.330 e. The first-order chi connectivity index (χ1) is 8.22. The van der Waals surface area contributed by atoms with Gasteiger partial charge in [-0.25, -0.2) is 0 Å². The molecule has 0 rings (SSSR count). The van der Waals surface area contributed by atoms with E-state index < -0.39 is 0 Å². The van der Waals surface area contributed by atoms with Crippen LogP contribution in [0.5, 0.6) is 0 Å². The average Bonchev–Trinajstić information content (AvgIpc) is 2.31. The zero-order valence-corrected chi connectivity index (χ0v) is 12.4. The average molecular weight is 242 g/mol. The van der Waals surface area contributed by atoms with Gasteiger partial charge in [-0.2, -0.15) is 0 Å². The molecule has 0 spiro atoms. The van der Waals surface area contributed by atoms with Crippen LogP contribution in [-0.4, -0.2) is 30.6 Å². The summed E-state index contributed by atoms with van der Waals surface area (Å²) in [5, 5.41) is 0. The molecule has 2 nitrogen and oxygen atoms in total. The Balaban J connectivity index is 3.49. The maximum absolute atomic E-state index is 5.49. The second-order valence-electron chi connectivity index (χ2n) is 5.39. The Bertz CT molecular complexity index is 146. The van der Waals surface area contributed by atoms with Crippen molar-refractivity contribution in [2.75, 3.05) is 19.6 Å².